The van der Waals surface area contributed by atoms with Crippen molar-refractivity contribution in [1.82, 2.24) is 0 Å². The minimum absolute atomic E-state index is 0.282. The molecule has 1 aliphatic rings. The minimum atomic E-state index is -1.63. The van der Waals surface area contributed by atoms with E-state index in [9.17, 15) is 4.21 Å². The predicted molar refractivity (Wildman–Crippen MR) is 85.7 cm³/mol. The molecule has 0 bridgehead atoms. The average Bonchev–Trinajstić information content (AvgIpc) is 2.95. The molecule has 0 aliphatic heterocycles. The van der Waals surface area contributed by atoms with E-state index in [-0.39, 0.29) is 4.75 Å². The van der Waals surface area contributed by atoms with Crippen molar-refractivity contribution in [3.05, 3.63) is 0 Å². The molecule has 0 aromatic carbocycles. The van der Waals surface area contributed by atoms with E-state index in [4.69, 9.17) is 9.56 Å². The molecule has 2 atom stereocenters. The number of rotatable bonds is 8. The van der Waals surface area contributed by atoms with Crippen LogP contribution in [0.25, 0.3) is 0 Å². The Kier molecular flexibility index (Phi) is 5.81. The Morgan fingerprint density at radius 3 is 2.26 bits per heavy atom. The Balaban J connectivity index is 2.66. The summed E-state index contributed by atoms with van der Waals surface area (Å²) in [7, 11) is -2.88. The second kappa shape index (κ2) is 6.37. The molecule has 1 unspecified atom stereocenters. The van der Waals surface area contributed by atoms with Crippen molar-refractivity contribution in [2.45, 2.75) is 76.9 Å². The molecule has 1 rings (SSSR count). The van der Waals surface area contributed by atoms with Gasteiger partial charge >= 0.3 is 0 Å². The van der Waals surface area contributed by atoms with Crippen LogP contribution in [-0.4, -0.2) is 23.4 Å². The van der Waals surface area contributed by atoms with E-state index < -0.39 is 19.3 Å². The molecule has 0 radical (unpaired) electrons. The summed E-state index contributed by atoms with van der Waals surface area (Å²) in [6, 6.07) is 1.16. The van der Waals surface area contributed by atoms with Gasteiger partial charge in [0.1, 0.15) is 0 Å². The van der Waals surface area contributed by atoms with E-state index in [1.807, 2.05) is 13.8 Å². The van der Waals surface area contributed by atoms with Gasteiger partial charge in [0.2, 0.25) is 0 Å². The van der Waals surface area contributed by atoms with Gasteiger partial charge in [0.25, 0.3) is 0 Å². The molecule has 0 saturated heterocycles. The van der Waals surface area contributed by atoms with Gasteiger partial charge in [-0.15, -0.1) is 0 Å². The molecule has 0 aromatic heterocycles. The van der Waals surface area contributed by atoms with E-state index in [0.29, 0.717) is 12.0 Å². The van der Waals surface area contributed by atoms with Gasteiger partial charge in [-0.05, 0) is 77.9 Å². The molecule has 1 aliphatic carbocycles. The predicted octanol–water partition coefficient (Wildman–Crippen LogP) is 3.43. The maximum atomic E-state index is 11.7. The Hall–Kier alpha value is 0.287. The van der Waals surface area contributed by atoms with Crippen molar-refractivity contribution in [3.8, 4) is 0 Å². The zero-order valence-corrected chi connectivity index (χ0v) is 15.2. The molecule has 0 aromatic rings. The van der Waals surface area contributed by atoms with Crippen molar-refractivity contribution < 1.29 is 8.63 Å². The van der Waals surface area contributed by atoms with Crippen LogP contribution in [0.5, 0.6) is 0 Å². The molecule has 0 heterocycles. The summed E-state index contributed by atoms with van der Waals surface area (Å²) < 4.78 is 17.5. The van der Waals surface area contributed by atoms with Crippen LogP contribution in [0.1, 0.15) is 47.0 Å². The van der Waals surface area contributed by atoms with E-state index >= 15 is 0 Å². The van der Waals surface area contributed by atoms with E-state index in [2.05, 4.69) is 26.9 Å². The summed E-state index contributed by atoms with van der Waals surface area (Å²) in [5.41, 5.74) is 0. The molecule has 1 saturated carbocycles. The lowest BCUT2D eigenvalue weighted by Crippen LogP contribution is -2.40. The molecule has 0 amide bonds. The molecule has 114 valence electrons. The van der Waals surface area contributed by atoms with Crippen LogP contribution in [0.2, 0.25) is 19.1 Å². The van der Waals surface area contributed by atoms with Gasteiger partial charge in [-0.25, -0.2) is 4.21 Å². The quantitative estimate of drug-likeness (QED) is 0.698. The van der Waals surface area contributed by atoms with Crippen LogP contribution in [-0.2, 0) is 15.4 Å². The summed E-state index contributed by atoms with van der Waals surface area (Å²) in [5, 5.41) is 5.64. The van der Waals surface area contributed by atoms with Crippen LogP contribution >= 0.6 is 0 Å². The summed E-state index contributed by atoms with van der Waals surface area (Å²) in [6.07, 6.45) is 3.91. The van der Waals surface area contributed by atoms with Crippen molar-refractivity contribution in [2.24, 2.45) is 17.0 Å². The summed E-state index contributed by atoms with van der Waals surface area (Å²) in [4.78, 5) is 0. The molecule has 3 nitrogen and oxygen atoms in total. The lowest BCUT2D eigenvalue weighted by atomic mass is 9.94. The highest BCUT2D eigenvalue weighted by molar-refractivity contribution is 7.84. The third-order valence-electron chi connectivity index (χ3n) is 3.90. The van der Waals surface area contributed by atoms with Gasteiger partial charge in [0.05, 0.1) is 15.7 Å². The second-order valence-corrected chi connectivity index (χ2v) is 13.4. The molecule has 0 spiro atoms. The average molecular weight is 306 g/mol. The standard InChI is InChI=1S/C14H31NO2SSi/c1-11(2)17-19(5,6)10-13(12-7-8-12)9-14(3,4)18(15)16/h11-13H,7-10,15H2,1-6H3/t13-,18?/m1/s1. The SMILES string of the molecule is CC(C)O[Si](C)(C)C[C@@H](CC(C)(C)S(N)=O)C1CC1. The highest BCUT2D eigenvalue weighted by atomic mass is 32.2. The maximum absolute atomic E-state index is 11.7. The van der Waals surface area contributed by atoms with Crippen LogP contribution in [0, 0.1) is 11.8 Å². The molecule has 5 heteroatoms. The first-order chi connectivity index (χ1) is 8.53. The first kappa shape index (κ1) is 17.3. The Morgan fingerprint density at radius 1 is 1.37 bits per heavy atom. The fraction of sp³-hybridized carbons (Fsp3) is 1.00. The molecule has 1 fully saturated rings. The van der Waals surface area contributed by atoms with E-state index in [1.54, 1.807) is 0 Å². The zero-order valence-electron chi connectivity index (χ0n) is 13.4. The van der Waals surface area contributed by atoms with Crippen LogP contribution in [0.3, 0.4) is 0 Å². The summed E-state index contributed by atoms with van der Waals surface area (Å²) in [5.74, 6) is 1.44. The van der Waals surface area contributed by atoms with E-state index in [0.717, 1.165) is 18.4 Å². The van der Waals surface area contributed by atoms with Gasteiger partial charge in [0.15, 0.2) is 8.32 Å². The van der Waals surface area contributed by atoms with Gasteiger partial charge in [0, 0.05) is 6.10 Å². The van der Waals surface area contributed by atoms with Gasteiger partial charge in [-0.1, -0.05) is 0 Å². The van der Waals surface area contributed by atoms with Crippen LogP contribution < -0.4 is 5.14 Å². The molecule has 19 heavy (non-hydrogen) atoms. The number of hydrogen-bond acceptors (Lipinski definition) is 2. The number of nitrogens with two attached hydrogens (primary N) is 1. The Labute approximate surface area is 122 Å². The normalized spacial score (nSPS) is 20.6. The zero-order chi connectivity index (χ0) is 14.8. The van der Waals surface area contributed by atoms with Crippen LogP contribution in [0.15, 0.2) is 0 Å². The third-order valence-corrected chi connectivity index (χ3v) is 7.77. The lowest BCUT2D eigenvalue weighted by molar-refractivity contribution is 0.224. The van der Waals surface area contributed by atoms with Crippen molar-refractivity contribution in [2.75, 3.05) is 0 Å². The second-order valence-electron chi connectivity index (χ2n) is 7.49. The lowest BCUT2D eigenvalue weighted by Gasteiger charge is -2.33. The topological polar surface area (TPSA) is 52.3 Å². The summed E-state index contributed by atoms with van der Waals surface area (Å²) >= 11 is 0. The van der Waals surface area contributed by atoms with Crippen molar-refractivity contribution >= 4 is 19.3 Å². The van der Waals surface area contributed by atoms with Crippen molar-refractivity contribution in [3.63, 3.8) is 0 Å². The van der Waals surface area contributed by atoms with Crippen molar-refractivity contribution in [1.29, 1.82) is 0 Å². The first-order valence-electron chi connectivity index (χ1n) is 7.37. The molecular formula is C14H31NO2SSi. The minimum Gasteiger partial charge on any atom is -0.415 e. The fourth-order valence-electron chi connectivity index (χ4n) is 3.00. The maximum Gasteiger partial charge on any atom is 0.187 e. The largest absolute Gasteiger partial charge is 0.415 e. The smallest absolute Gasteiger partial charge is 0.187 e. The highest BCUT2D eigenvalue weighted by Gasteiger charge is 2.40. The molecule has 2 N–H and O–H groups in total. The third kappa shape index (κ3) is 6.06. The first-order valence-corrected chi connectivity index (χ1v) is 11.7. The van der Waals surface area contributed by atoms with Gasteiger partial charge in [-0.2, -0.15) is 0 Å². The summed E-state index contributed by atoms with van der Waals surface area (Å²) in [6.45, 7) is 12.9. The van der Waals surface area contributed by atoms with Crippen LogP contribution in [0.4, 0.5) is 0 Å². The fourth-order valence-corrected chi connectivity index (χ4v) is 6.50. The molecular weight excluding hydrogens is 274 g/mol. The highest BCUT2D eigenvalue weighted by Crippen LogP contribution is 2.45. The van der Waals surface area contributed by atoms with E-state index in [1.165, 1.54) is 12.8 Å². The number of hydrogen-bond donors (Lipinski definition) is 1. The monoisotopic (exact) mass is 305 g/mol. The Morgan fingerprint density at radius 2 is 1.89 bits per heavy atom. The Bertz CT molecular complexity index is 327. The van der Waals surface area contributed by atoms with Gasteiger partial charge in [-0.3, -0.25) is 5.14 Å². The van der Waals surface area contributed by atoms with Gasteiger partial charge < -0.3 is 4.43 Å².